The molecule has 136 valence electrons. The lowest BCUT2D eigenvalue weighted by atomic mass is 9.80. The van der Waals surface area contributed by atoms with Crippen LogP contribution in [-0.4, -0.2) is 47.4 Å². The fourth-order valence-corrected chi connectivity index (χ4v) is 3.73. The highest BCUT2D eigenvalue weighted by molar-refractivity contribution is 5.82. The quantitative estimate of drug-likeness (QED) is 0.485. The number of likely N-dealkylation sites (tertiary alicyclic amines) is 1. The molecule has 7 heteroatoms. The summed E-state index contributed by atoms with van der Waals surface area (Å²) < 4.78 is 32.9. The van der Waals surface area contributed by atoms with E-state index >= 15 is 0 Å². The first-order valence-corrected chi connectivity index (χ1v) is 8.46. The van der Waals surface area contributed by atoms with Crippen molar-refractivity contribution in [1.29, 1.82) is 5.41 Å². The molecule has 0 radical (unpaired) electrons. The Bertz CT molecular complexity index is 640. The molecule has 1 heterocycles. The van der Waals surface area contributed by atoms with Crippen LogP contribution in [0.1, 0.15) is 31.2 Å². The molecule has 3 unspecified atom stereocenters. The van der Waals surface area contributed by atoms with E-state index in [1.54, 1.807) is 35.2 Å². The second-order valence-corrected chi connectivity index (χ2v) is 6.87. The van der Waals surface area contributed by atoms with Crippen molar-refractivity contribution in [2.24, 2.45) is 5.92 Å². The van der Waals surface area contributed by atoms with E-state index in [2.05, 4.69) is 0 Å². The van der Waals surface area contributed by atoms with Crippen molar-refractivity contribution in [1.82, 2.24) is 4.90 Å². The van der Waals surface area contributed by atoms with Gasteiger partial charge in [0.25, 0.3) is 0 Å². The van der Waals surface area contributed by atoms with Crippen LogP contribution in [0.2, 0.25) is 0 Å². The third kappa shape index (κ3) is 3.51. The number of benzene rings is 1. The number of alkyl halides is 2. The Morgan fingerprint density at radius 3 is 2.64 bits per heavy atom. The van der Waals surface area contributed by atoms with Crippen molar-refractivity contribution < 1.29 is 23.4 Å². The number of hydrogen-bond donors (Lipinski definition) is 2. The van der Waals surface area contributed by atoms with Gasteiger partial charge in [0.05, 0.1) is 12.9 Å². The molecule has 1 aliphatic heterocycles. The third-order valence-electron chi connectivity index (χ3n) is 5.15. The van der Waals surface area contributed by atoms with Crippen molar-refractivity contribution in [2.45, 2.75) is 43.3 Å². The first-order valence-electron chi connectivity index (χ1n) is 8.46. The largest absolute Gasteiger partial charge is 0.458 e. The molecular weight excluding hydrogens is 330 g/mol. The summed E-state index contributed by atoms with van der Waals surface area (Å²) in [7, 11) is 0. The number of nitrogens with zero attached hydrogens (tertiary/aromatic N) is 1. The number of carbonyl (C=O) groups excluding carboxylic acids is 1. The molecule has 1 aromatic carbocycles. The minimum absolute atomic E-state index is 0.0603. The number of carbonyl (C=O) groups is 1. The number of aliphatic hydroxyl groups is 1. The maximum atomic E-state index is 13.7. The van der Waals surface area contributed by atoms with E-state index in [4.69, 9.17) is 10.1 Å². The van der Waals surface area contributed by atoms with E-state index in [1.165, 1.54) is 6.34 Å². The highest BCUT2D eigenvalue weighted by atomic mass is 19.3. The minimum Gasteiger partial charge on any atom is -0.458 e. The van der Waals surface area contributed by atoms with Crippen LogP contribution < -0.4 is 0 Å². The van der Waals surface area contributed by atoms with E-state index in [1.807, 2.05) is 0 Å². The normalized spacial score (nSPS) is 27.7. The Hall–Kier alpha value is -2.02. The summed E-state index contributed by atoms with van der Waals surface area (Å²) in [5.41, 5.74) is -1.80. The van der Waals surface area contributed by atoms with Gasteiger partial charge >= 0.3 is 5.97 Å². The van der Waals surface area contributed by atoms with Gasteiger partial charge in [0.1, 0.15) is 6.10 Å². The molecule has 1 saturated heterocycles. The standard InChI is InChI=1S/C18H22F2N2O3/c19-17(20)8-6-14(10-17)18(24,13-4-2-1-3-5-13)16(23)25-15-7-9-22(11-15)12-21/h1-5,12,14-15,21,24H,6-11H2. The minimum atomic E-state index is -2.88. The predicted octanol–water partition coefficient (Wildman–Crippen LogP) is 2.53. The third-order valence-corrected chi connectivity index (χ3v) is 5.15. The monoisotopic (exact) mass is 352 g/mol. The number of ether oxygens (including phenoxy) is 1. The topological polar surface area (TPSA) is 73.6 Å². The average molecular weight is 352 g/mol. The van der Waals surface area contributed by atoms with Crippen molar-refractivity contribution in [3.8, 4) is 0 Å². The van der Waals surface area contributed by atoms with Crippen LogP contribution in [0.4, 0.5) is 8.78 Å². The SMILES string of the molecule is N=CN1CCC(OC(=O)C(O)(c2ccccc2)C2CCC(F)(F)C2)C1. The molecule has 1 aromatic rings. The molecule has 25 heavy (non-hydrogen) atoms. The van der Waals surface area contributed by atoms with Gasteiger partial charge in [-0.3, -0.25) is 5.41 Å². The van der Waals surface area contributed by atoms with E-state index in [0.29, 0.717) is 19.5 Å². The van der Waals surface area contributed by atoms with Crippen LogP contribution in [-0.2, 0) is 15.1 Å². The van der Waals surface area contributed by atoms with E-state index < -0.39 is 35.9 Å². The summed E-state index contributed by atoms with van der Waals surface area (Å²) in [6.07, 6.45) is 0.452. The van der Waals surface area contributed by atoms with Gasteiger partial charge in [-0.1, -0.05) is 30.3 Å². The van der Waals surface area contributed by atoms with Crippen LogP contribution in [0.15, 0.2) is 30.3 Å². The summed E-state index contributed by atoms with van der Waals surface area (Å²) in [6.45, 7) is 0.966. The fraction of sp³-hybridized carbons (Fsp3) is 0.556. The highest BCUT2D eigenvalue weighted by Crippen LogP contribution is 2.48. The molecule has 1 aliphatic carbocycles. The zero-order valence-corrected chi connectivity index (χ0v) is 13.8. The van der Waals surface area contributed by atoms with E-state index in [9.17, 15) is 18.7 Å². The van der Waals surface area contributed by atoms with Crippen molar-refractivity contribution in [2.75, 3.05) is 13.1 Å². The number of esters is 1. The number of rotatable bonds is 5. The second-order valence-electron chi connectivity index (χ2n) is 6.87. The van der Waals surface area contributed by atoms with Gasteiger partial charge in [-0.2, -0.15) is 0 Å². The van der Waals surface area contributed by atoms with Crippen LogP contribution in [0.5, 0.6) is 0 Å². The molecule has 3 rings (SSSR count). The predicted molar refractivity (Wildman–Crippen MR) is 87.5 cm³/mol. The van der Waals surface area contributed by atoms with Gasteiger partial charge in [0.2, 0.25) is 5.92 Å². The zero-order chi connectivity index (χ0) is 18.1. The Balaban J connectivity index is 1.84. The van der Waals surface area contributed by atoms with E-state index in [0.717, 1.165) is 0 Å². The molecule has 5 nitrogen and oxygen atoms in total. The van der Waals surface area contributed by atoms with Gasteiger partial charge < -0.3 is 14.7 Å². The molecule has 0 bridgehead atoms. The Morgan fingerprint density at radius 1 is 1.36 bits per heavy atom. The molecular formula is C18H22F2N2O3. The molecule has 2 fully saturated rings. The fourth-order valence-electron chi connectivity index (χ4n) is 3.73. The molecule has 1 saturated carbocycles. The van der Waals surface area contributed by atoms with Crippen molar-refractivity contribution >= 4 is 12.3 Å². The molecule has 0 spiro atoms. The lowest BCUT2D eigenvalue weighted by Crippen LogP contribution is -2.45. The lowest BCUT2D eigenvalue weighted by Gasteiger charge is -2.33. The Labute approximate surface area is 145 Å². The van der Waals surface area contributed by atoms with Crippen LogP contribution in [0, 0.1) is 11.3 Å². The van der Waals surface area contributed by atoms with Crippen LogP contribution >= 0.6 is 0 Å². The zero-order valence-electron chi connectivity index (χ0n) is 13.8. The Morgan fingerprint density at radius 2 is 2.08 bits per heavy atom. The van der Waals surface area contributed by atoms with Gasteiger partial charge in [-0.25, -0.2) is 13.6 Å². The first kappa shape index (κ1) is 17.8. The molecule has 2 N–H and O–H groups in total. The highest BCUT2D eigenvalue weighted by Gasteiger charge is 2.54. The lowest BCUT2D eigenvalue weighted by molar-refractivity contribution is -0.179. The number of nitrogens with one attached hydrogen (secondary N) is 1. The van der Waals surface area contributed by atoms with Crippen molar-refractivity contribution in [3.63, 3.8) is 0 Å². The van der Waals surface area contributed by atoms with Crippen LogP contribution in [0.3, 0.4) is 0 Å². The molecule has 0 aromatic heterocycles. The van der Waals surface area contributed by atoms with Crippen LogP contribution in [0.25, 0.3) is 0 Å². The first-order chi connectivity index (χ1) is 11.8. The maximum absolute atomic E-state index is 13.7. The molecule has 2 aliphatic rings. The van der Waals surface area contributed by atoms with Gasteiger partial charge in [-0.05, 0) is 12.0 Å². The number of hydrogen-bond acceptors (Lipinski definition) is 4. The number of halogens is 2. The maximum Gasteiger partial charge on any atom is 0.343 e. The second kappa shape index (κ2) is 6.71. The molecule has 3 atom stereocenters. The van der Waals surface area contributed by atoms with Gasteiger partial charge in [0, 0.05) is 31.7 Å². The smallest absolute Gasteiger partial charge is 0.343 e. The summed E-state index contributed by atoms with van der Waals surface area (Å²) in [4.78, 5) is 14.5. The van der Waals surface area contributed by atoms with Gasteiger partial charge in [0.15, 0.2) is 5.60 Å². The summed E-state index contributed by atoms with van der Waals surface area (Å²) in [6, 6.07) is 8.18. The van der Waals surface area contributed by atoms with Gasteiger partial charge in [-0.15, -0.1) is 0 Å². The van der Waals surface area contributed by atoms with Crippen molar-refractivity contribution in [3.05, 3.63) is 35.9 Å². The summed E-state index contributed by atoms with van der Waals surface area (Å²) >= 11 is 0. The summed E-state index contributed by atoms with van der Waals surface area (Å²) in [5, 5.41) is 18.4. The average Bonchev–Trinajstić information content (AvgIpc) is 3.20. The Kier molecular flexibility index (Phi) is 4.77. The van der Waals surface area contributed by atoms with E-state index in [-0.39, 0.29) is 18.4 Å². The summed E-state index contributed by atoms with van der Waals surface area (Å²) in [5.74, 6) is -4.64. The molecule has 0 amide bonds.